The molecule has 0 fully saturated rings. The van der Waals surface area contributed by atoms with Crippen LogP contribution in [0.3, 0.4) is 0 Å². The van der Waals surface area contributed by atoms with E-state index in [2.05, 4.69) is 20.9 Å². The number of nitriles is 1. The van der Waals surface area contributed by atoms with Gasteiger partial charge in [-0.2, -0.15) is 5.26 Å². The Bertz CT molecular complexity index is 436. The Kier molecular flexibility index (Phi) is 3.36. The van der Waals surface area contributed by atoms with E-state index in [-0.39, 0.29) is 16.6 Å². The molecule has 0 atom stereocenters. The van der Waals surface area contributed by atoms with Crippen LogP contribution in [0.1, 0.15) is 23.2 Å². The second-order valence-corrected chi connectivity index (χ2v) is 3.03. The minimum atomic E-state index is -2.88. The first kappa shape index (κ1) is 10.9. The van der Waals surface area contributed by atoms with Crippen LogP contribution in [0.15, 0.2) is 11.0 Å². The van der Waals surface area contributed by atoms with Gasteiger partial charge in [-0.3, -0.25) is 4.79 Å². The summed E-state index contributed by atoms with van der Waals surface area (Å²) in [5.74, 6) is 0. The third-order valence-corrected chi connectivity index (χ3v) is 2.24. The number of nitrogens with zero attached hydrogens (tertiary/aromatic N) is 1. The summed E-state index contributed by atoms with van der Waals surface area (Å²) < 4.78 is 24.9. The monoisotopic (exact) mass is 262 g/mol. The molecule has 6 heteroatoms. The van der Waals surface area contributed by atoms with Crippen molar-refractivity contribution in [2.45, 2.75) is 11.8 Å². The molecule has 0 aliphatic heterocycles. The molecule has 0 amide bonds. The van der Waals surface area contributed by atoms with Crippen LogP contribution in [0, 0.1) is 11.3 Å². The molecule has 0 bridgehead atoms. The summed E-state index contributed by atoms with van der Waals surface area (Å²) in [6.45, 7) is 0. The fraction of sp³-hybridized carbons (Fsp3) is 0.250. The fourth-order valence-electron chi connectivity index (χ4n) is 1.01. The van der Waals surface area contributed by atoms with Crippen molar-refractivity contribution >= 4 is 15.9 Å². The summed E-state index contributed by atoms with van der Waals surface area (Å²) in [5, 5.41) is 8.58. The molecule has 0 saturated heterocycles. The number of aromatic amines is 1. The Morgan fingerprint density at radius 1 is 1.64 bits per heavy atom. The van der Waals surface area contributed by atoms with Gasteiger partial charge in [0.2, 0.25) is 5.43 Å². The van der Waals surface area contributed by atoms with Crippen LogP contribution in [0.2, 0.25) is 0 Å². The van der Waals surface area contributed by atoms with Crippen LogP contribution in [0.5, 0.6) is 0 Å². The van der Waals surface area contributed by atoms with Gasteiger partial charge in [0.1, 0.15) is 11.6 Å². The van der Waals surface area contributed by atoms with Crippen molar-refractivity contribution < 1.29 is 8.78 Å². The number of hydrogen-bond acceptors (Lipinski definition) is 2. The van der Waals surface area contributed by atoms with E-state index in [1.54, 1.807) is 6.07 Å². The number of nitrogens with one attached hydrogen (secondary N) is 1. The van der Waals surface area contributed by atoms with Crippen LogP contribution >= 0.6 is 15.9 Å². The molecule has 74 valence electrons. The van der Waals surface area contributed by atoms with Gasteiger partial charge in [-0.05, 0) is 0 Å². The van der Waals surface area contributed by atoms with Crippen molar-refractivity contribution in [2.75, 3.05) is 0 Å². The molecule has 0 spiro atoms. The molecular formula is C8H5BrF2N2O. The number of alkyl halides is 3. The van der Waals surface area contributed by atoms with E-state index in [9.17, 15) is 13.6 Å². The lowest BCUT2D eigenvalue weighted by molar-refractivity contribution is 0.148. The molecule has 14 heavy (non-hydrogen) atoms. The number of H-pyrrole nitrogens is 1. The third-order valence-electron chi connectivity index (χ3n) is 1.68. The van der Waals surface area contributed by atoms with Crippen molar-refractivity contribution in [1.82, 2.24) is 4.98 Å². The van der Waals surface area contributed by atoms with Gasteiger partial charge in [-0.25, -0.2) is 8.78 Å². The summed E-state index contributed by atoms with van der Waals surface area (Å²) >= 11 is 2.97. The topological polar surface area (TPSA) is 56.6 Å². The van der Waals surface area contributed by atoms with Gasteiger partial charge in [0.15, 0.2) is 0 Å². The number of aromatic nitrogens is 1. The minimum Gasteiger partial charge on any atom is -0.362 e. The maximum atomic E-state index is 12.4. The first-order chi connectivity index (χ1) is 6.61. The molecule has 0 radical (unpaired) electrons. The number of rotatable bonds is 2. The molecule has 1 heterocycles. The molecule has 0 aliphatic rings. The smallest absolute Gasteiger partial charge is 0.269 e. The van der Waals surface area contributed by atoms with E-state index in [0.29, 0.717) is 0 Å². The molecule has 0 saturated carbocycles. The van der Waals surface area contributed by atoms with Crippen LogP contribution in [-0.4, -0.2) is 4.98 Å². The molecule has 1 aromatic rings. The van der Waals surface area contributed by atoms with Crippen molar-refractivity contribution in [3.05, 3.63) is 33.2 Å². The van der Waals surface area contributed by atoms with E-state index in [4.69, 9.17) is 5.26 Å². The first-order valence-corrected chi connectivity index (χ1v) is 4.72. The van der Waals surface area contributed by atoms with Gasteiger partial charge in [0, 0.05) is 17.2 Å². The van der Waals surface area contributed by atoms with Crippen molar-refractivity contribution in [3.63, 3.8) is 0 Å². The predicted octanol–water partition coefficient (Wildman–Crippen LogP) is 2.08. The summed E-state index contributed by atoms with van der Waals surface area (Å²) in [4.78, 5) is 13.8. The Labute approximate surface area is 86.5 Å². The van der Waals surface area contributed by atoms with Crippen molar-refractivity contribution in [2.24, 2.45) is 0 Å². The SMILES string of the molecule is N#Cc1c[nH]c(CBr)c(C(F)F)c1=O. The van der Waals surface area contributed by atoms with Crippen molar-refractivity contribution in [1.29, 1.82) is 5.26 Å². The average Bonchev–Trinajstić information content (AvgIpc) is 2.16. The largest absolute Gasteiger partial charge is 0.362 e. The average molecular weight is 263 g/mol. The molecule has 1 rings (SSSR count). The number of hydrogen-bond donors (Lipinski definition) is 1. The molecule has 0 aliphatic carbocycles. The molecular weight excluding hydrogens is 258 g/mol. The fourth-order valence-corrected chi connectivity index (χ4v) is 1.47. The highest BCUT2D eigenvalue weighted by atomic mass is 79.9. The second-order valence-electron chi connectivity index (χ2n) is 2.47. The van der Waals surface area contributed by atoms with E-state index in [1.165, 1.54) is 0 Å². The summed E-state index contributed by atoms with van der Waals surface area (Å²) in [6.07, 6.45) is -1.75. The molecule has 0 aromatic carbocycles. The minimum absolute atomic E-state index is 0.101. The molecule has 1 aromatic heterocycles. The molecule has 0 unspecified atom stereocenters. The van der Waals surface area contributed by atoms with E-state index < -0.39 is 17.4 Å². The second kappa shape index (κ2) is 4.33. The van der Waals surface area contributed by atoms with Crippen LogP contribution in [-0.2, 0) is 5.33 Å². The zero-order valence-electron chi connectivity index (χ0n) is 6.85. The lowest BCUT2D eigenvalue weighted by Gasteiger charge is -2.04. The molecule has 3 nitrogen and oxygen atoms in total. The molecule has 1 N–H and O–H groups in total. The van der Waals surface area contributed by atoms with E-state index >= 15 is 0 Å². The lowest BCUT2D eigenvalue weighted by atomic mass is 10.1. The highest BCUT2D eigenvalue weighted by molar-refractivity contribution is 9.08. The maximum absolute atomic E-state index is 12.4. The Balaban J connectivity index is 3.49. The number of pyridine rings is 1. The van der Waals surface area contributed by atoms with Gasteiger partial charge in [-0.1, -0.05) is 15.9 Å². The Morgan fingerprint density at radius 3 is 2.71 bits per heavy atom. The Morgan fingerprint density at radius 2 is 2.29 bits per heavy atom. The maximum Gasteiger partial charge on any atom is 0.269 e. The summed E-state index contributed by atoms with van der Waals surface area (Å²) in [7, 11) is 0. The van der Waals surface area contributed by atoms with Crippen molar-refractivity contribution in [3.8, 4) is 6.07 Å². The van der Waals surface area contributed by atoms with Crippen LogP contribution in [0.25, 0.3) is 0 Å². The van der Waals surface area contributed by atoms with Gasteiger partial charge in [0.05, 0.1) is 5.56 Å². The highest BCUT2D eigenvalue weighted by Gasteiger charge is 2.19. The van der Waals surface area contributed by atoms with E-state index in [0.717, 1.165) is 6.20 Å². The van der Waals surface area contributed by atoms with Crippen LogP contribution in [0.4, 0.5) is 8.78 Å². The first-order valence-electron chi connectivity index (χ1n) is 3.60. The van der Waals surface area contributed by atoms with Gasteiger partial charge in [0.25, 0.3) is 6.43 Å². The van der Waals surface area contributed by atoms with Crippen LogP contribution < -0.4 is 5.43 Å². The normalized spacial score (nSPS) is 10.2. The predicted molar refractivity (Wildman–Crippen MR) is 49.4 cm³/mol. The van der Waals surface area contributed by atoms with E-state index in [1.807, 2.05) is 0 Å². The zero-order chi connectivity index (χ0) is 10.7. The number of halogens is 3. The summed E-state index contributed by atoms with van der Waals surface area (Å²) in [6, 6.07) is 1.55. The Hall–Kier alpha value is -1.22. The summed E-state index contributed by atoms with van der Waals surface area (Å²) in [5.41, 5.74) is -1.74. The van der Waals surface area contributed by atoms with Gasteiger partial charge >= 0.3 is 0 Å². The highest BCUT2D eigenvalue weighted by Crippen LogP contribution is 2.19. The third kappa shape index (κ3) is 1.82. The standard InChI is InChI=1S/C8H5BrF2N2O/c9-1-5-6(8(10)11)7(14)4(2-12)3-13-5/h3,8H,1H2,(H,13,14). The quantitative estimate of drug-likeness (QED) is 0.830. The zero-order valence-corrected chi connectivity index (χ0v) is 8.44. The van der Waals surface area contributed by atoms with Gasteiger partial charge < -0.3 is 4.98 Å². The lowest BCUT2D eigenvalue weighted by Crippen LogP contribution is -2.16. The van der Waals surface area contributed by atoms with Gasteiger partial charge in [-0.15, -0.1) is 0 Å².